The Morgan fingerprint density at radius 1 is 1.04 bits per heavy atom. The monoisotopic (exact) mass is 373 g/mol. The van der Waals surface area contributed by atoms with Crippen LogP contribution in [0, 0.1) is 0 Å². The number of nitrogens with one attached hydrogen (secondary N) is 2. The normalized spacial score (nSPS) is 11.9. The molecule has 1 atom stereocenters. The van der Waals surface area contributed by atoms with Gasteiger partial charge in [-0.05, 0) is 24.3 Å². The Labute approximate surface area is 161 Å². The van der Waals surface area contributed by atoms with E-state index < -0.39 is 0 Å². The van der Waals surface area contributed by atoms with Crippen molar-refractivity contribution in [3.8, 4) is 22.6 Å². The summed E-state index contributed by atoms with van der Waals surface area (Å²) >= 11 is 0. The van der Waals surface area contributed by atoms with Crippen LogP contribution >= 0.6 is 0 Å². The van der Waals surface area contributed by atoms with Crippen LogP contribution in [0.15, 0.2) is 60.7 Å². The minimum atomic E-state index is -0.198. The third-order valence-electron chi connectivity index (χ3n) is 4.76. The summed E-state index contributed by atoms with van der Waals surface area (Å²) in [4.78, 5) is 14.8. The molecule has 0 unspecified atom stereocenters. The van der Waals surface area contributed by atoms with Crippen molar-refractivity contribution in [2.24, 2.45) is 0 Å². The smallest absolute Gasteiger partial charge is 0.254 e. The van der Waals surface area contributed by atoms with Crippen molar-refractivity contribution in [3.05, 3.63) is 71.9 Å². The Hall–Kier alpha value is -3.81. The van der Waals surface area contributed by atoms with Crippen LogP contribution in [0.4, 0.5) is 0 Å². The van der Waals surface area contributed by atoms with Crippen LogP contribution in [0.5, 0.6) is 0 Å². The van der Waals surface area contributed by atoms with Crippen LogP contribution in [0.3, 0.4) is 0 Å². The fourth-order valence-electron chi connectivity index (χ4n) is 3.02. The highest BCUT2D eigenvalue weighted by atomic mass is 16.2. The van der Waals surface area contributed by atoms with E-state index in [0.717, 1.165) is 17.0 Å². The fraction of sp³-hybridized carbons (Fsp3) is 0.150. The number of carbonyl (C=O) groups is 1. The number of tetrazole rings is 1. The molecule has 0 aliphatic rings. The molecular weight excluding hydrogens is 354 g/mol. The average molecular weight is 373 g/mol. The summed E-state index contributed by atoms with van der Waals surface area (Å²) in [6.45, 7) is 1.96. The van der Waals surface area contributed by atoms with Gasteiger partial charge in [0.2, 0.25) is 5.82 Å². The molecule has 0 radical (unpaired) electrons. The van der Waals surface area contributed by atoms with E-state index in [1.54, 1.807) is 24.1 Å². The van der Waals surface area contributed by atoms with E-state index >= 15 is 0 Å². The van der Waals surface area contributed by atoms with Crippen molar-refractivity contribution in [2.45, 2.75) is 13.0 Å². The van der Waals surface area contributed by atoms with E-state index in [2.05, 4.69) is 30.8 Å². The third kappa shape index (κ3) is 3.27. The second-order valence-corrected chi connectivity index (χ2v) is 6.45. The van der Waals surface area contributed by atoms with Crippen molar-refractivity contribution in [1.29, 1.82) is 0 Å². The zero-order valence-electron chi connectivity index (χ0n) is 15.5. The summed E-state index contributed by atoms with van der Waals surface area (Å²) in [7, 11) is 1.77. The second kappa shape index (κ2) is 7.43. The summed E-state index contributed by atoms with van der Waals surface area (Å²) in [5.74, 6) is 0.252. The third-order valence-corrected chi connectivity index (χ3v) is 4.76. The molecule has 0 aliphatic heterocycles. The molecule has 0 fully saturated rings. The van der Waals surface area contributed by atoms with Crippen LogP contribution in [0.2, 0.25) is 0 Å². The maximum absolute atomic E-state index is 13.2. The fourth-order valence-corrected chi connectivity index (χ4v) is 3.02. The molecule has 4 aromatic rings. The van der Waals surface area contributed by atoms with Crippen LogP contribution < -0.4 is 0 Å². The van der Waals surface area contributed by atoms with E-state index in [-0.39, 0.29) is 11.9 Å². The molecule has 8 heteroatoms. The van der Waals surface area contributed by atoms with Gasteiger partial charge in [-0.1, -0.05) is 48.5 Å². The SMILES string of the molecule is C[C@H](c1cc(-c2ccccc2)n[nH]1)N(C)C(=O)c1ccccc1-c1nn[nH]n1. The number of aromatic nitrogens is 6. The van der Waals surface area contributed by atoms with E-state index in [9.17, 15) is 4.79 Å². The average Bonchev–Trinajstić information content (AvgIpc) is 3.45. The number of hydrogen-bond donors (Lipinski definition) is 2. The Bertz CT molecular complexity index is 1070. The molecule has 1 amide bonds. The standard InChI is InChI=1S/C20H19N7O/c1-13(17-12-18(22-21-17)14-8-4-3-5-9-14)27(2)20(28)16-11-7-6-10-15(16)19-23-25-26-24-19/h3-13H,1-2H3,(H,21,22)(H,23,24,25,26)/t13-/m1/s1. The number of rotatable bonds is 5. The second-order valence-electron chi connectivity index (χ2n) is 6.45. The first kappa shape index (κ1) is 17.6. The van der Waals surface area contributed by atoms with Crippen molar-refractivity contribution in [1.82, 2.24) is 35.7 Å². The van der Waals surface area contributed by atoms with Gasteiger partial charge >= 0.3 is 0 Å². The summed E-state index contributed by atoms with van der Waals surface area (Å²) in [5, 5.41) is 21.4. The molecule has 0 spiro atoms. The lowest BCUT2D eigenvalue weighted by Crippen LogP contribution is -2.30. The minimum absolute atomic E-state index is 0.135. The Balaban J connectivity index is 1.59. The van der Waals surface area contributed by atoms with Gasteiger partial charge in [-0.25, -0.2) is 0 Å². The number of H-pyrrole nitrogens is 2. The highest BCUT2D eigenvalue weighted by Crippen LogP contribution is 2.26. The van der Waals surface area contributed by atoms with Crippen molar-refractivity contribution in [2.75, 3.05) is 7.05 Å². The summed E-state index contributed by atoms with van der Waals surface area (Å²) in [5.41, 5.74) is 3.87. The lowest BCUT2D eigenvalue weighted by molar-refractivity contribution is 0.0740. The molecule has 140 valence electrons. The molecular formula is C20H19N7O. The van der Waals surface area contributed by atoms with Gasteiger partial charge in [0, 0.05) is 18.2 Å². The number of aromatic amines is 2. The summed E-state index contributed by atoms with van der Waals surface area (Å²) < 4.78 is 0. The maximum Gasteiger partial charge on any atom is 0.254 e. The van der Waals surface area contributed by atoms with E-state index in [0.29, 0.717) is 17.0 Å². The molecule has 2 heterocycles. The van der Waals surface area contributed by atoms with Gasteiger partial charge in [0.15, 0.2) is 0 Å². The lowest BCUT2D eigenvalue weighted by Gasteiger charge is -2.24. The van der Waals surface area contributed by atoms with Crippen molar-refractivity contribution in [3.63, 3.8) is 0 Å². The molecule has 2 aromatic carbocycles. The summed E-state index contributed by atoms with van der Waals surface area (Å²) in [6.07, 6.45) is 0. The van der Waals surface area contributed by atoms with Crippen LogP contribution in [-0.2, 0) is 0 Å². The Morgan fingerprint density at radius 3 is 2.54 bits per heavy atom. The molecule has 0 aliphatic carbocycles. The molecule has 8 nitrogen and oxygen atoms in total. The zero-order valence-corrected chi connectivity index (χ0v) is 15.5. The van der Waals surface area contributed by atoms with E-state index in [1.807, 2.05) is 55.5 Å². The Kier molecular flexibility index (Phi) is 4.67. The number of benzene rings is 2. The van der Waals surface area contributed by atoms with Gasteiger partial charge in [-0.15, -0.1) is 10.2 Å². The van der Waals surface area contributed by atoms with Crippen LogP contribution in [0.25, 0.3) is 22.6 Å². The van der Waals surface area contributed by atoms with Crippen LogP contribution in [-0.4, -0.2) is 48.7 Å². The van der Waals surface area contributed by atoms with Crippen molar-refractivity contribution >= 4 is 5.91 Å². The van der Waals surface area contributed by atoms with Gasteiger partial charge < -0.3 is 4.90 Å². The number of carbonyl (C=O) groups excluding carboxylic acids is 1. The predicted molar refractivity (Wildman–Crippen MR) is 104 cm³/mol. The molecule has 0 saturated heterocycles. The predicted octanol–water partition coefficient (Wildman–Crippen LogP) is 3.09. The molecule has 4 rings (SSSR count). The Morgan fingerprint density at radius 2 is 1.79 bits per heavy atom. The molecule has 0 bridgehead atoms. The van der Waals surface area contributed by atoms with Gasteiger partial charge in [0.05, 0.1) is 23.0 Å². The van der Waals surface area contributed by atoms with Gasteiger partial charge in [0.25, 0.3) is 5.91 Å². The molecule has 2 N–H and O–H groups in total. The molecule has 0 saturated carbocycles. The number of nitrogens with zero attached hydrogens (tertiary/aromatic N) is 5. The van der Waals surface area contributed by atoms with Crippen molar-refractivity contribution < 1.29 is 4.79 Å². The highest BCUT2D eigenvalue weighted by molar-refractivity contribution is 6.00. The number of hydrogen-bond acceptors (Lipinski definition) is 5. The lowest BCUT2D eigenvalue weighted by atomic mass is 10.0. The largest absolute Gasteiger partial charge is 0.333 e. The topological polar surface area (TPSA) is 103 Å². The van der Waals surface area contributed by atoms with Gasteiger partial charge in [0.1, 0.15) is 0 Å². The van der Waals surface area contributed by atoms with E-state index in [1.165, 1.54) is 0 Å². The molecule has 28 heavy (non-hydrogen) atoms. The van der Waals surface area contributed by atoms with Crippen LogP contribution in [0.1, 0.15) is 29.0 Å². The van der Waals surface area contributed by atoms with E-state index in [4.69, 9.17) is 0 Å². The molecule has 2 aromatic heterocycles. The van der Waals surface area contributed by atoms with Gasteiger partial charge in [-0.2, -0.15) is 10.3 Å². The van der Waals surface area contributed by atoms with Gasteiger partial charge in [-0.3, -0.25) is 9.89 Å². The number of amides is 1. The highest BCUT2D eigenvalue weighted by Gasteiger charge is 2.24. The first-order chi connectivity index (χ1) is 13.6. The first-order valence-electron chi connectivity index (χ1n) is 8.86. The minimum Gasteiger partial charge on any atom is -0.333 e. The maximum atomic E-state index is 13.2. The first-order valence-corrected chi connectivity index (χ1v) is 8.86. The zero-order chi connectivity index (χ0) is 19.5. The quantitative estimate of drug-likeness (QED) is 0.559. The summed E-state index contributed by atoms with van der Waals surface area (Å²) in [6, 6.07) is 18.9.